The summed E-state index contributed by atoms with van der Waals surface area (Å²) in [5.74, 6) is -0.530. The Morgan fingerprint density at radius 3 is 2.90 bits per heavy atom. The summed E-state index contributed by atoms with van der Waals surface area (Å²) < 4.78 is 5.86. The van der Waals surface area contributed by atoms with E-state index in [1.54, 1.807) is 11.4 Å². The first kappa shape index (κ1) is 18.8. The topological polar surface area (TPSA) is 84.6 Å². The Morgan fingerprint density at radius 1 is 1.24 bits per heavy atom. The second-order valence-corrected chi connectivity index (χ2v) is 7.14. The van der Waals surface area contributed by atoms with Crippen LogP contribution in [0.5, 0.6) is 0 Å². The SMILES string of the molecule is CC1C(=O)C=CC(=Nc2c(NCCCn3cc[n+](C)c3)nn3ccccc23)C1=O. The molecule has 0 saturated carbocycles. The molecule has 1 aliphatic rings. The molecule has 1 unspecified atom stereocenters. The fourth-order valence-corrected chi connectivity index (χ4v) is 3.27. The predicted octanol–water partition coefficient (Wildman–Crippen LogP) is 1.88. The molecular weight excluding hydrogens is 368 g/mol. The van der Waals surface area contributed by atoms with Gasteiger partial charge in [-0.1, -0.05) is 6.07 Å². The third-order valence-electron chi connectivity index (χ3n) is 4.93. The van der Waals surface area contributed by atoms with E-state index in [1.807, 2.05) is 54.7 Å². The number of hydrogen-bond acceptors (Lipinski definition) is 5. The van der Waals surface area contributed by atoms with Crippen LogP contribution in [0.15, 0.2) is 60.3 Å². The second-order valence-electron chi connectivity index (χ2n) is 7.14. The standard InChI is InChI=1S/C21H23N6O2/c1-15-18(28)8-7-16(20(15)29)23-19-17-6-3-4-11-27(17)24-21(19)22-9-5-10-26-13-12-25(2)14-26/h3-4,6-8,11-15H,5,9-10H2,1-2H3,(H,22,24)/q+1. The van der Waals surface area contributed by atoms with Gasteiger partial charge in [-0.3, -0.25) is 9.59 Å². The molecule has 0 spiro atoms. The normalized spacial score (nSPS) is 18.1. The van der Waals surface area contributed by atoms with Gasteiger partial charge in [0.25, 0.3) is 0 Å². The third kappa shape index (κ3) is 3.87. The zero-order valence-electron chi connectivity index (χ0n) is 16.4. The molecule has 0 saturated heterocycles. The largest absolute Gasteiger partial charge is 0.367 e. The number of Topliss-reactive ketones (excluding diaryl/α,β-unsaturated/α-hetero) is 1. The molecule has 0 amide bonds. The number of aryl methyl sites for hydroxylation is 2. The highest BCUT2D eigenvalue weighted by Gasteiger charge is 2.27. The molecule has 1 N–H and O–H groups in total. The predicted molar refractivity (Wildman–Crippen MR) is 109 cm³/mol. The smallest absolute Gasteiger partial charge is 0.243 e. The zero-order valence-corrected chi connectivity index (χ0v) is 16.4. The van der Waals surface area contributed by atoms with Crippen LogP contribution in [-0.2, 0) is 23.2 Å². The van der Waals surface area contributed by atoms with Gasteiger partial charge in [0, 0.05) is 19.2 Å². The summed E-state index contributed by atoms with van der Waals surface area (Å²) >= 11 is 0. The Balaban J connectivity index is 1.58. The Morgan fingerprint density at radius 2 is 2.10 bits per heavy atom. The van der Waals surface area contributed by atoms with Crippen molar-refractivity contribution in [2.45, 2.75) is 19.9 Å². The van der Waals surface area contributed by atoms with E-state index >= 15 is 0 Å². The number of carbonyl (C=O) groups excluding carboxylic acids is 2. The van der Waals surface area contributed by atoms with Crippen LogP contribution in [0.4, 0.5) is 11.5 Å². The highest BCUT2D eigenvalue weighted by molar-refractivity contribution is 6.50. The van der Waals surface area contributed by atoms with E-state index in [4.69, 9.17) is 0 Å². The number of aliphatic imine (C=N–C) groups is 1. The molecule has 148 valence electrons. The van der Waals surface area contributed by atoms with E-state index in [0.717, 1.165) is 18.5 Å². The van der Waals surface area contributed by atoms with Gasteiger partial charge in [-0.05, 0) is 31.2 Å². The molecule has 3 heterocycles. The summed E-state index contributed by atoms with van der Waals surface area (Å²) in [7, 11) is 1.99. The van der Waals surface area contributed by atoms with Gasteiger partial charge in [0.05, 0.1) is 25.0 Å². The number of fused-ring (bicyclic) bond motifs is 1. The zero-order chi connectivity index (χ0) is 20.4. The lowest BCUT2D eigenvalue weighted by Gasteiger charge is -2.12. The van der Waals surface area contributed by atoms with Gasteiger partial charge in [0.1, 0.15) is 23.8 Å². The second kappa shape index (κ2) is 7.83. The number of hydrogen-bond donors (Lipinski definition) is 1. The van der Waals surface area contributed by atoms with E-state index in [1.165, 1.54) is 12.2 Å². The van der Waals surface area contributed by atoms with Crippen molar-refractivity contribution in [3.05, 3.63) is 55.3 Å². The molecule has 0 aliphatic heterocycles. The number of pyridine rings is 1. The highest BCUT2D eigenvalue weighted by atomic mass is 16.2. The monoisotopic (exact) mass is 391 g/mol. The van der Waals surface area contributed by atoms with Crippen molar-refractivity contribution < 1.29 is 14.2 Å². The Kier molecular flexibility index (Phi) is 5.07. The summed E-state index contributed by atoms with van der Waals surface area (Å²) in [6.07, 6.45) is 11.7. The lowest BCUT2D eigenvalue weighted by Crippen LogP contribution is -2.29. The average molecular weight is 391 g/mol. The van der Waals surface area contributed by atoms with E-state index in [-0.39, 0.29) is 17.3 Å². The summed E-state index contributed by atoms with van der Waals surface area (Å²) in [6.45, 7) is 3.20. The maximum atomic E-state index is 12.5. The van der Waals surface area contributed by atoms with Gasteiger partial charge in [-0.15, -0.1) is 5.10 Å². The Hall–Kier alpha value is -3.55. The molecule has 8 heteroatoms. The summed E-state index contributed by atoms with van der Waals surface area (Å²) in [5, 5.41) is 7.91. The summed E-state index contributed by atoms with van der Waals surface area (Å²) in [5.41, 5.74) is 1.68. The molecule has 3 aromatic rings. The van der Waals surface area contributed by atoms with Crippen LogP contribution in [0, 0.1) is 5.92 Å². The third-order valence-corrected chi connectivity index (χ3v) is 4.93. The minimum Gasteiger partial charge on any atom is -0.367 e. The van der Waals surface area contributed by atoms with Gasteiger partial charge in [0.15, 0.2) is 17.4 Å². The molecule has 0 radical (unpaired) electrons. The highest BCUT2D eigenvalue weighted by Crippen LogP contribution is 2.30. The summed E-state index contributed by atoms with van der Waals surface area (Å²) in [4.78, 5) is 28.8. The van der Waals surface area contributed by atoms with Crippen LogP contribution in [0.25, 0.3) is 5.52 Å². The van der Waals surface area contributed by atoms with Crippen LogP contribution in [0.2, 0.25) is 0 Å². The number of anilines is 1. The molecule has 0 fully saturated rings. The Labute approximate surface area is 168 Å². The number of aromatic nitrogens is 4. The fourth-order valence-electron chi connectivity index (χ4n) is 3.27. The van der Waals surface area contributed by atoms with Crippen molar-refractivity contribution in [3.63, 3.8) is 0 Å². The molecule has 1 atom stereocenters. The van der Waals surface area contributed by atoms with Crippen LogP contribution < -0.4 is 9.88 Å². The van der Waals surface area contributed by atoms with Crippen molar-refractivity contribution in [2.75, 3.05) is 11.9 Å². The molecule has 29 heavy (non-hydrogen) atoms. The van der Waals surface area contributed by atoms with Crippen molar-refractivity contribution >= 4 is 34.3 Å². The van der Waals surface area contributed by atoms with Gasteiger partial charge < -0.3 is 5.32 Å². The van der Waals surface area contributed by atoms with Gasteiger partial charge in [-0.25, -0.2) is 18.6 Å². The molecule has 4 rings (SSSR count). The van der Waals surface area contributed by atoms with Gasteiger partial charge in [0.2, 0.25) is 6.33 Å². The number of ketones is 2. The van der Waals surface area contributed by atoms with E-state index in [2.05, 4.69) is 20.0 Å². The molecule has 8 nitrogen and oxygen atoms in total. The van der Waals surface area contributed by atoms with Crippen LogP contribution in [-0.4, -0.2) is 38.0 Å². The number of imidazole rings is 1. The minimum absolute atomic E-state index is 0.189. The molecule has 3 aromatic heterocycles. The fraction of sp³-hybridized carbons (Fsp3) is 0.286. The van der Waals surface area contributed by atoms with Crippen LogP contribution in [0.1, 0.15) is 13.3 Å². The maximum absolute atomic E-state index is 12.5. The minimum atomic E-state index is -0.695. The summed E-state index contributed by atoms with van der Waals surface area (Å²) in [6, 6.07) is 5.70. The van der Waals surface area contributed by atoms with Gasteiger partial charge in [-0.2, -0.15) is 0 Å². The van der Waals surface area contributed by atoms with Crippen molar-refractivity contribution in [2.24, 2.45) is 18.0 Å². The van der Waals surface area contributed by atoms with Gasteiger partial charge >= 0.3 is 0 Å². The molecule has 0 aromatic carbocycles. The maximum Gasteiger partial charge on any atom is 0.243 e. The van der Waals surface area contributed by atoms with Crippen molar-refractivity contribution in [1.29, 1.82) is 0 Å². The molecule has 1 aliphatic carbocycles. The molecule has 0 bridgehead atoms. The first-order chi connectivity index (χ1) is 14.0. The lowest BCUT2D eigenvalue weighted by atomic mass is 9.92. The number of nitrogens with zero attached hydrogens (tertiary/aromatic N) is 5. The number of nitrogens with one attached hydrogen (secondary N) is 1. The molecular formula is C21H23N6O2+. The number of rotatable bonds is 6. The number of allylic oxidation sites excluding steroid dienone is 2. The number of carbonyl (C=O) groups is 2. The van der Waals surface area contributed by atoms with E-state index in [0.29, 0.717) is 18.1 Å². The first-order valence-electron chi connectivity index (χ1n) is 9.60. The average Bonchev–Trinajstić information content (AvgIpc) is 3.29. The van der Waals surface area contributed by atoms with Crippen LogP contribution >= 0.6 is 0 Å². The lowest BCUT2D eigenvalue weighted by molar-refractivity contribution is -0.671. The van der Waals surface area contributed by atoms with Crippen molar-refractivity contribution in [1.82, 2.24) is 14.2 Å². The quantitative estimate of drug-likeness (QED) is 0.395. The first-order valence-corrected chi connectivity index (χ1v) is 9.60. The van der Waals surface area contributed by atoms with E-state index < -0.39 is 5.92 Å². The van der Waals surface area contributed by atoms with Crippen molar-refractivity contribution in [3.8, 4) is 0 Å². The van der Waals surface area contributed by atoms with E-state index in [9.17, 15) is 9.59 Å². The Bertz CT molecular complexity index is 1140. The van der Waals surface area contributed by atoms with Crippen LogP contribution in [0.3, 0.4) is 0 Å².